The van der Waals surface area contributed by atoms with Crippen LogP contribution in [0.15, 0.2) is 18.2 Å². The van der Waals surface area contributed by atoms with E-state index in [4.69, 9.17) is 0 Å². The van der Waals surface area contributed by atoms with Crippen LogP contribution in [0.3, 0.4) is 0 Å². The molecule has 0 bridgehead atoms. The molecule has 0 aromatic heterocycles. The van der Waals surface area contributed by atoms with Crippen molar-refractivity contribution >= 4 is 21.4 Å². The van der Waals surface area contributed by atoms with Gasteiger partial charge in [0.05, 0.1) is 22.4 Å². The fraction of sp³-hybridized carbons (Fsp3) is 0.571. The second-order valence-electron chi connectivity index (χ2n) is 5.53. The van der Waals surface area contributed by atoms with Crippen LogP contribution in [0.25, 0.3) is 0 Å². The molecule has 140 valence electrons. The van der Waals surface area contributed by atoms with Gasteiger partial charge in [-0.2, -0.15) is 8.78 Å². The van der Waals surface area contributed by atoms with Crippen molar-refractivity contribution in [2.75, 3.05) is 24.2 Å². The molecule has 1 heterocycles. The van der Waals surface area contributed by atoms with Crippen molar-refractivity contribution in [2.24, 2.45) is 0 Å². The molecule has 8 nitrogen and oxygen atoms in total. The van der Waals surface area contributed by atoms with Gasteiger partial charge in [0.25, 0.3) is 5.69 Å². The average molecular weight is 379 g/mol. The van der Waals surface area contributed by atoms with Gasteiger partial charge in [-0.05, 0) is 25.8 Å². The molecule has 0 aliphatic carbocycles. The second-order valence-corrected chi connectivity index (χ2v) is 7.79. The van der Waals surface area contributed by atoms with Crippen LogP contribution >= 0.6 is 0 Å². The van der Waals surface area contributed by atoms with Gasteiger partial charge in [0.1, 0.15) is 0 Å². The smallest absolute Gasteiger partial charge is 0.387 e. The van der Waals surface area contributed by atoms with E-state index in [1.807, 2.05) is 0 Å². The highest BCUT2D eigenvalue weighted by Crippen LogP contribution is 2.32. The van der Waals surface area contributed by atoms with Crippen LogP contribution in [0.5, 0.6) is 5.75 Å². The lowest BCUT2D eigenvalue weighted by molar-refractivity contribution is -0.385. The standard InChI is InChI=1S/C14H19F2N3O5S/c1-2-25(22,23)18-7-5-10(6-8-18)17-12-4-3-11(19(20)21)9-13(12)24-14(15)16/h3-4,9-10,14,17H,2,5-8H2,1H3. The third-order valence-corrected chi connectivity index (χ3v) is 5.85. The molecule has 1 aliphatic rings. The van der Waals surface area contributed by atoms with Crippen LogP contribution in [0.2, 0.25) is 0 Å². The Hall–Kier alpha value is -2.01. The van der Waals surface area contributed by atoms with E-state index < -0.39 is 21.6 Å². The first-order valence-corrected chi connectivity index (χ1v) is 9.31. The zero-order valence-corrected chi connectivity index (χ0v) is 14.3. The molecule has 1 aliphatic heterocycles. The van der Waals surface area contributed by atoms with Crippen LogP contribution in [0.1, 0.15) is 19.8 Å². The number of nitrogens with one attached hydrogen (secondary N) is 1. The monoisotopic (exact) mass is 379 g/mol. The number of sulfonamides is 1. The van der Waals surface area contributed by atoms with Crippen molar-refractivity contribution in [1.29, 1.82) is 0 Å². The number of nitro benzene ring substituents is 1. The predicted molar refractivity (Wildman–Crippen MR) is 87.4 cm³/mol. The van der Waals surface area contributed by atoms with E-state index >= 15 is 0 Å². The van der Waals surface area contributed by atoms with Gasteiger partial charge >= 0.3 is 6.61 Å². The molecule has 0 radical (unpaired) electrons. The van der Waals surface area contributed by atoms with E-state index in [-0.39, 0.29) is 28.9 Å². The summed E-state index contributed by atoms with van der Waals surface area (Å²) in [6.07, 6.45) is 0.981. The predicted octanol–water partition coefficient (Wildman–Crippen LogP) is 2.42. The van der Waals surface area contributed by atoms with Gasteiger partial charge in [-0.1, -0.05) is 0 Å². The number of alkyl halides is 2. The maximum absolute atomic E-state index is 12.5. The fourth-order valence-electron chi connectivity index (χ4n) is 2.62. The molecular weight excluding hydrogens is 360 g/mol. The lowest BCUT2D eigenvalue weighted by Crippen LogP contribution is -2.43. The summed E-state index contributed by atoms with van der Waals surface area (Å²) in [5.41, 5.74) is -0.146. The number of halogens is 2. The van der Waals surface area contributed by atoms with Crippen LogP contribution in [0.4, 0.5) is 20.2 Å². The third-order valence-electron chi connectivity index (χ3n) is 3.96. The molecule has 2 rings (SSSR count). The Balaban J connectivity index is 2.09. The van der Waals surface area contributed by atoms with E-state index in [0.29, 0.717) is 25.9 Å². The zero-order valence-electron chi connectivity index (χ0n) is 13.5. The normalized spacial score (nSPS) is 16.8. The van der Waals surface area contributed by atoms with Gasteiger partial charge < -0.3 is 10.1 Å². The number of hydrogen-bond acceptors (Lipinski definition) is 6. The van der Waals surface area contributed by atoms with E-state index in [1.54, 1.807) is 6.92 Å². The molecule has 11 heteroatoms. The first kappa shape index (κ1) is 19.3. The Morgan fingerprint density at radius 2 is 2.04 bits per heavy atom. The average Bonchev–Trinajstić information content (AvgIpc) is 2.56. The quantitative estimate of drug-likeness (QED) is 0.577. The molecule has 0 spiro atoms. The molecule has 0 unspecified atom stereocenters. The molecule has 25 heavy (non-hydrogen) atoms. The minimum atomic E-state index is -3.25. The van der Waals surface area contributed by atoms with Gasteiger partial charge in [0, 0.05) is 25.2 Å². The summed E-state index contributed by atoms with van der Waals surface area (Å²) in [5.74, 6) is -0.285. The van der Waals surface area contributed by atoms with Gasteiger partial charge in [0.2, 0.25) is 10.0 Å². The summed E-state index contributed by atoms with van der Waals surface area (Å²) >= 11 is 0. The number of benzene rings is 1. The van der Waals surface area contributed by atoms with E-state index in [2.05, 4.69) is 10.1 Å². The van der Waals surface area contributed by atoms with Gasteiger partial charge in [0.15, 0.2) is 5.75 Å². The lowest BCUT2D eigenvalue weighted by Gasteiger charge is -2.32. The first-order valence-electron chi connectivity index (χ1n) is 7.70. The Labute approximate surface area is 144 Å². The molecule has 0 atom stereocenters. The molecule has 0 saturated carbocycles. The number of nitro groups is 1. The zero-order chi connectivity index (χ0) is 18.6. The molecule has 0 amide bonds. The number of rotatable bonds is 7. The molecule has 1 aromatic rings. The van der Waals surface area contributed by atoms with Gasteiger partial charge in [-0.3, -0.25) is 10.1 Å². The Morgan fingerprint density at radius 1 is 1.40 bits per heavy atom. The van der Waals surface area contributed by atoms with E-state index in [1.165, 1.54) is 16.4 Å². The molecular formula is C14H19F2N3O5S. The summed E-state index contributed by atoms with van der Waals surface area (Å²) in [5, 5.41) is 13.8. The highest BCUT2D eigenvalue weighted by Gasteiger charge is 2.27. The van der Waals surface area contributed by atoms with Crippen LogP contribution < -0.4 is 10.1 Å². The van der Waals surface area contributed by atoms with Crippen molar-refractivity contribution < 1.29 is 26.9 Å². The van der Waals surface area contributed by atoms with Crippen molar-refractivity contribution in [3.05, 3.63) is 28.3 Å². The van der Waals surface area contributed by atoms with Crippen molar-refractivity contribution in [3.63, 3.8) is 0 Å². The Kier molecular flexibility index (Phi) is 6.11. The highest BCUT2D eigenvalue weighted by molar-refractivity contribution is 7.89. The second kappa shape index (κ2) is 7.91. The summed E-state index contributed by atoms with van der Waals surface area (Å²) in [4.78, 5) is 10.1. The minimum Gasteiger partial charge on any atom is -0.432 e. The Bertz CT molecular complexity index is 721. The number of ether oxygens (including phenoxy) is 1. The molecule has 1 N–H and O–H groups in total. The summed E-state index contributed by atoms with van der Waals surface area (Å²) in [7, 11) is -3.25. The largest absolute Gasteiger partial charge is 0.432 e. The number of hydrogen-bond donors (Lipinski definition) is 1. The maximum Gasteiger partial charge on any atom is 0.387 e. The molecule has 1 aromatic carbocycles. The molecule has 1 saturated heterocycles. The highest BCUT2D eigenvalue weighted by atomic mass is 32.2. The number of anilines is 1. The lowest BCUT2D eigenvalue weighted by atomic mass is 10.1. The molecule has 1 fully saturated rings. The van der Waals surface area contributed by atoms with E-state index in [0.717, 1.165) is 6.07 Å². The summed E-state index contributed by atoms with van der Waals surface area (Å²) < 4.78 is 54.5. The summed E-state index contributed by atoms with van der Waals surface area (Å²) in [6, 6.07) is 3.29. The number of non-ortho nitro benzene ring substituents is 1. The van der Waals surface area contributed by atoms with E-state index in [9.17, 15) is 27.3 Å². The Morgan fingerprint density at radius 3 is 2.56 bits per heavy atom. The first-order chi connectivity index (χ1) is 11.7. The van der Waals surface area contributed by atoms with Crippen molar-refractivity contribution in [1.82, 2.24) is 4.31 Å². The van der Waals surface area contributed by atoms with Gasteiger partial charge in [-0.15, -0.1) is 0 Å². The van der Waals surface area contributed by atoms with Crippen molar-refractivity contribution in [2.45, 2.75) is 32.4 Å². The van der Waals surface area contributed by atoms with Crippen LogP contribution in [-0.2, 0) is 10.0 Å². The fourth-order valence-corrected chi connectivity index (χ4v) is 3.75. The van der Waals surface area contributed by atoms with Crippen LogP contribution in [-0.4, -0.2) is 49.1 Å². The summed E-state index contributed by atoms with van der Waals surface area (Å²) in [6.45, 7) is -0.888. The third kappa shape index (κ3) is 4.98. The topological polar surface area (TPSA) is 102 Å². The number of nitrogens with zero attached hydrogens (tertiary/aromatic N) is 2. The number of piperidine rings is 1. The van der Waals surface area contributed by atoms with Gasteiger partial charge in [-0.25, -0.2) is 12.7 Å². The van der Waals surface area contributed by atoms with Crippen molar-refractivity contribution in [3.8, 4) is 5.75 Å². The maximum atomic E-state index is 12.5. The van der Waals surface area contributed by atoms with Crippen LogP contribution in [0, 0.1) is 10.1 Å². The minimum absolute atomic E-state index is 0.0276. The SMILES string of the molecule is CCS(=O)(=O)N1CCC(Nc2ccc([N+](=O)[O-])cc2OC(F)F)CC1.